The number of amides is 1. The van der Waals surface area contributed by atoms with Crippen molar-refractivity contribution in [2.45, 2.75) is 45.4 Å². The van der Waals surface area contributed by atoms with Gasteiger partial charge in [0.25, 0.3) is 5.91 Å². The molecule has 1 aromatic carbocycles. The monoisotopic (exact) mass is 565 g/mol. The normalized spacial score (nSPS) is 14.5. The van der Waals surface area contributed by atoms with Crippen LogP contribution < -0.4 is 5.32 Å². The lowest BCUT2D eigenvalue weighted by Crippen LogP contribution is -2.44. The van der Waals surface area contributed by atoms with Gasteiger partial charge in [-0.3, -0.25) is 13.9 Å². The molecular formula is C24H23F4N7O3S. The smallest absolute Gasteiger partial charge is 0.347 e. The van der Waals surface area contributed by atoms with Crippen molar-refractivity contribution in [3.8, 4) is 11.3 Å². The Kier molecular flexibility index (Phi) is 6.66. The molecule has 0 saturated carbocycles. The van der Waals surface area contributed by atoms with Gasteiger partial charge in [0.15, 0.2) is 0 Å². The highest BCUT2D eigenvalue weighted by Gasteiger charge is 2.50. The minimum Gasteiger partial charge on any atom is -0.347 e. The molecule has 4 aromatic rings. The number of halogens is 4. The van der Waals surface area contributed by atoms with E-state index in [1.54, 1.807) is 22.9 Å². The second-order valence-corrected chi connectivity index (χ2v) is 11.0. The average Bonchev–Trinajstić information content (AvgIpc) is 3.47. The van der Waals surface area contributed by atoms with E-state index in [0.29, 0.717) is 33.5 Å². The van der Waals surface area contributed by atoms with Gasteiger partial charge in [-0.15, -0.1) is 0 Å². The van der Waals surface area contributed by atoms with Gasteiger partial charge in [-0.05, 0) is 42.7 Å². The lowest BCUT2D eigenvalue weighted by atomic mass is 10.1. The van der Waals surface area contributed by atoms with Gasteiger partial charge in [-0.25, -0.2) is 22.8 Å². The first kappa shape index (κ1) is 26.7. The summed E-state index contributed by atoms with van der Waals surface area (Å²) >= 11 is 0. The van der Waals surface area contributed by atoms with Gasteiger partial charge < -0.3 is 5.32 Å². The number of sulfonamides is 1. The number of nitrogens with zero attached hydrogens (tertiary/aromatic N) is 6. The first-order valence-corrected chi connectivity index (χ1v) is 13.4. The highest BCUT2D eigenvalue weighted by atomic mass is 32.2. The zero-order chi connectivity index (χ0) is 28.1. The number of aromatic nitrogens is 5. The van der Waals surface area contributed by atoms with E-state index in [2.05, 4.69) is 20.4 Å². The van der Waals surface area contributed by atoms with E-state index < -0.39 is 40.3 Å². The fourth-order valence-electron chi connectivity index (χ4n) is 4.43. The summed E-state index contributed by atoms with van der Waals surface area (Å²) in [6.45, 7) is 2.71. The summed E-state index contributed by atoms with van der Waals surface area (Å²) in [7, 11) is -5.49. The molecule has 5 rings (SSSR count). The largest absolute Gasteiger partial charge is 0.511 e. The highest BCUT2D eigenvalue weighted by Crippen LogP contribution is 2.31. The van der Waals surface area contributed by atoms with Crippen molar-refractivity contribution in [2.24, 2.45) is 0 Å². The Balaban J connectivity index is 1.32. The predicted octanol–water partition coefficient (Wildman–Crippen LogP) is 3.20. The molecule has 0 atom stereocenters. The van der Waals surface area contributed by atoms with E-state index in [-0.39, 0.29) is 30.0 Å². The van der Waals surface area contributed by atoms with Crippen molar-refractivity contribution in [2.75, 3.05) is 6.54 Å². The molecule has 15 heteroatoms. The molecule has 4 heterocycles. The Morgan fingerprint density at radius 3 is 2.64 bits per heavy atom. The van der Waals surface area contributed by atoms with Gasteiger partial charge in [-0.2, -0.15) is 22.6 Å². The Morgan fingerprint density at radius 1 is 1.18 bits per heavy atom. The molecule has 10 nitrogen and oxygen atoms in total. The van der Waals surface area contributed by atoms with Crippen LogP contribution in [-0.2, 0) is 36.1 Å². The molecule has 0 bridgehead atoms. The first-order chi connectivity index (χ1) is 18.4. The summed E-state index contributed by atoms with van der Waals surface area (Å²) in [6, 6.07) is 5.65. The maximum absolute atomic E-state index is 15.1. The average molecular weight is 566 g/mol. The van der Waals surface area contributed by atoms with Gasteiger partial charge >= 0.3 is 15.5 Å². The van der Waals surface area contributed by atoms with Crippen LogP contribution in [0.4, 0.5) is 17.6 Å². The predicted molar refractivity (Wildman–Crippen MR) is 131 cm³/mol. The zero-order valence-electron chi connectivity index (χ0n) is 20.8. The van der Waals surface area contributed by atoms with Gasteiger partial charge in [0.2, 0.25) is 5.78 Å². The molecule has 0 radical (unpaired) electrons. The van der Waals surface area contributed by atoms with E-state index >= 15 is 4.39 Å². The first-order valence-electron chi connectivity index (χ1n) is 11.9. The van der Waals surface area contributed by atoms with Crippen LogP contribution in [0.2, 0.25) is 0 Å². The Labute approximate surface area is 220 Å². The minimum absolute atomic E-state index is 0.0234. The van der Waals surface area contributed by atoms with Crippen LogP contribution >= 0.6 is 0 Å². The topological polar surface area (TPSA) is 114 Å². The van der Waals surface area contributed by atoms with Gasteiger partial charge in [0.05, 0.1) is 30.2 Å². The summed E-state index contributed by atoms with van der Waals surface area (Å²) in [5.41, 5.74) is -2.69. The summed E-state index contributed by atoms with van der Waals surface area (Å²) in [5.74, 6) is -0.642. The van der Waals surface area contributed by atoms with Crippen LogP contribution in [0.25, 0.3) is 17.0 Å². The number of benzene rings is 1. The van der Waals surface area contributed by atoms with E-state index in [9.17, 15) is 26.4 Å². The van der Waals surface area contributed by atoms with Crippen LogP contribution in [0.1, 0.15) is 39.9 Å². The number of alkyl halides is 3. The second-order valence-electron chi connectivity index (χ2n) is 9.09. The summed E-state index contributed by atoms with van der Waals surface area (Å²) in [5, 5.41) is 7.02. The number of hydrogen-bond acceptors (Lipinski definition) is 6. The molecule has 1 aliphatic heterocycles. The molecule has 1 aliphatic rings. The quantitative estimate of drug-likeness (QED) is 0.359. The van der Waals surface area contributed by atoms with Crippen LogP contribution in [0.5, 0.6) is 0 Å². The van der Waals surface area contributed by atoms with Crippen LogP contribution in [-0.4, -0.2) is 54.8 Å². The lowest BCUT2D eigenvalue weighted by Gasteiger charge is -2.27. The number of nitrogens with one attached hydrogen (secondary N) is 1. The molecule has 39 heavy (non-hydrogen) atoms. The number of imidazole rings is 1. The molecule has 206 valence electrons. The maximum atomic E-state index is 15.1. The van der Waals surface area contributed by atoms with Crippen molar-refractivity contribution >= 4 is 21.7 Å². The van der Waals surface area contributed by atoms with Crippen molar-refractivity contribution in [3.05, 3.63) is 70.7 Å². The molecule has 1 amide bonds. The third-order valence-corrected chi connectivity index (χ3v) is 7.97. The van der Waals surface area contributed by atoms with Crippen molar-refractivity contribution in [1.29, 1.82) is 0 Å². The number of aryl methyl sites for hydroxylation is 2. The number of carbonyl (C=O) groups is 1. The molecule has 0 spiro atoms. The Morgan fingerprint density at radius 2 is 1.95 bits per heavy atom. The third kappa shape index (κ3) is 4.87. The third-order valence-electron chi connectivity index (χ3n) is 6.39. The second kappa shape index (κ2) is 9.72. The van der Waals surface area contributed by atoms with Crippen molar-refractivity contribution in [1.82, 2.24) is 33.8 Å². The SMILES string of the molecule is CCc1nc2ncc(C)cn2c1C(=O)NCc1ccc(-c2cc3n(n2)CCN(S(=O)(=O)C(F)(F)F)C3)c(F)c1. The molecular weight excluding hydrogens is 542 g/mol. The number of hydrogen-bond donors (Lipinski definition) is 1. The standard InChI is InChI=1S/C24H23F4N7O3S/c1-3-19-21(34-12-14(2)10-30-23(34)31-19)22(36)29-11-15-4-5-17(18(25)8-15)20-9-16-13-33(6-7-35(16)32-20)39(37,38)24(26,27)28/h4-5,8-10,12H,3,6-7,11,13H2,1-2H3,(H,29,36). The number of rotatable bonds is 6. The molecule has 3 aromatic heterocycles. The van der Waals surface area contributed by atoms with E-state index in [1.807, 2.05) is 13.8 Å². The summed E-state index contributed by atoms with van der Waals surface area (Å²) in [4.78, 5) is 21.6. The fourth-order valence-corrected chi connectivity index (χ4v) is 5.35. The van der Waals surface area contributed by atoms with Crippen LogP contribution in [0.3, 0.4) is 0 Å². The molecule has 0 aliphatic carbocycles. The molecule has 0 unspecified atom stereocenters. The van der Waals surface area contributed by atoms with Gasteiger partial charge in [0.1, 0.15) is 11.5 Å². The Bertz CT molecular complexity index is 1700. The maximum Gasteiger partial charge on any atom is 0.511 e. The van der Waals surface area contributed by atoms with E-state index in [1.165, 1.54) is 22.9 Å². The van der Waals surface area contributed by atoms with Gasteiger partial charge in [0, 0.05) is 31.0 Å². The van der Waals surface area contributed by atoms with Gasteiger partial charge in [-0.1, -0.05) is 13.0 Å². The van der Waals surface area contributed by atoms with Crippen LogP contribution in [0, 0.1) is 12.7 Å². The molecule has 1 N–H and O–H groups in total. The summed E-state index contributed by atoms with van der Waals surface area (Å²) in [6.07, 6.45) is 3.94. The van der Waals surface area contributed by atoms with E-state index in [4.69, 9.17) is 0 Å². The van der Waals surface area contributed by atoms with Crippen molar-refractivity contribution in [3.63, 3.8) is 0 Å². The number of carbonyl (C=O) groups excluding carboxylic acids is 1. The van der Waals surface area contributed by atoms with E-state index in [0.717, 1.165) is 5.56 Å². The zero-order valence-corrected chi connectivity index (χ0v) is 21.6. The van der Waals surface area contributed by atoms with Crippen molar-refractivity contribution < 1.29 is 30.8 Å². The Hall–Kier alpha value is -3.85. The minimum atomic E-state index is -5.49. The highest BCUT2D eigenvalue weighted by molar-refractivity contribution is 7.89. The molecule has 0 saturated heterocycles. The van der Waals surface area contributed by atoms with Crippen LogP contribution in [0.15, 0.2) is 36.7 Å². The fraction of sp³-hybridized carbons (Fsp3) is 0.333. The summed E-state index contributed by atoms with van der Waals surface area (Å²) < 4.78 is 80.7. The lowest BCUT2D eigenvalue weighted by molar-refractivity contribution is -0.0496. The molecule has 0 fully saturated rings. The number of fused-ring (bicyclic) bond motifs is 2.